The molecule has 0 aliphatic heterocycles. The number of benzene rings is 6. The quantitative estimate of drug-likeness (QED) is 0.0825. The molecule has 6 nitrogen and oxygen atoms in total. The average Bonchev–Trinajstić information content (AvgIpc) is 3.20. The van der Waals surface area contributed by atoms with Gasteiger partial charge in [-0.25, -0.2) is 9.97 Å². The fourth-order valence-electron chi connectivity index (χ4n) is 8.49. The Morgan fingerprint density at radius 3 is 1.26 bits per heavy atom. The first kappa shape index (κ1) is 34.4. The summed E-state index contributed by atoms with van der Waals surface area (Å²) in [6.07, 6.45) is 9.43. The second-order valence-corrected chi connectivity index (χ2v) is 15.1. The summed E-state index contributed by atoms with van der Waals surface area (Å²) in [4.78, 5) is 15.9. The molecule has 0 aliphatic rings. The third-order valence-corrected chi connectivity index (χ3v) is 11.4. The summed E-state index contributed by atoms with van der Waals surface area (Å²) in [5.74, 6) is 0. The molecule has 274 valence electrons. The first-order valence-electron chi connectivity index (χ1n) is 20.4. The second-order valence-electron chi connectivity index (χ2n) is 15.1. The summed E-state index contributed by atoms with van der Waals surface area (Å²) in [7, 11) is 0. The first-order valence-corrected chi connectivity index (χ1v) is 20.4. The highest BCUT2D eigenvalue weighted by atomic mass is 16.3. The molecule has 9 rings (SSSR count). The van der Waals surface area contributed by atoms with Crippen LogP contribution in [0.5, 0.6) is 0 Å². The van der Waals surface area contributed by atoms with Crippen LogP contribution >= 0.6 is 0 Å². The number of unbranched alkanes of at least 4 members (excludes halogenated alkanes) is 4. The van der Waals surface area contributed by atoms with Crippen LogP contribution in [0, 0.1) is 0 Å². The van der Waals surface area contributed by atoms with Gasteiger partial charge in [-0.15, -0.1) is 0 Å². The Morgan fingerprint density at radius 2 is 0.852 bits per heavy atom. The number of nitrogens with zero attached hydrogens (tertiary/aromatic N) is 4. The summed E-state index contributed by atoms with van der Waals surface area (Å²) >= 11 is 0. The summed E-state index contributed by atoms with van der Waals surface area (Å²) in [5.41, 5.74) is 9.55. The molecule has 0 unspecified atom stereocenters. The highest BCUT2D eigenvalue weighted by Gasteiger charge is 2.20. The maximum Gasteiger partial charge on any atom is 0.137 e. The van der Waals surface area contributed by atoms with Crippen molar-refractivity contribution in [3.8, 4) is 0 Å². The molecule has 0 bridgehead atoms. The number of anilines is 2. The van der Waals surface area contributed by atoms with E-state index < -0.39 is 0 Å². The lowest BCUT2D eigenvalue weighted by Gasteiger charge is -2.25. The van der Waals surface area contributed by atoms with E-state index in [1.54, 1.807) is 0 Å². The van der Waals surface area contributed by atoms with Gasteiger partial charge in [0, 0.05) is 82.0 Å². The van der Waals surface area contributed by atoms with Crippen molar-refractivity contribution >= 4 is 98.9 Å². The Balaban J connectivity index is 1.24. The monoisotopic (exact) mass is 714 g/mol. The van der Waals surface area contributed by atoms with Gasteiger partial charge in [-0.1, -0.05) is 77.6 Å². The minimum absolute atomic E-state index is 0.869. The Bertz CT molecular complexity index is 2610. The number of rotatable bonds is 14. The van der Waals surface area contributed by atoms with Crippen LogP contribution < -0.4 is 9.80 Å². The molecule has 6 heteroatoms. The van der Waals surface area contributed by atoms with Gasteiger partial charge in [0.05, 0.1) is 22.1 Å². The molecule has 0 aliphatic carbocycles. The lowest BCUT2D eigenvalue weighted by Crippen LogP contribution is -2.25. The Kier molecular flexibility index (Phi) is 9.22. The topological polar surface area (TPSA) is 58.5 Å². The molecule has 0 radical (unpaired) electrons. The molecular weight excluding hydrogens is 665 g/mol. The Hall–Kier alpha value is -5.36. The zero-order valence-corrected chi connectivity index (χ0v) is 32.2. The van der Waals surface area contributed by atoms with E-state index in [2.05, 4.69) is 122 Å². The molecule has 9 aromatic rings. The zero-order valence-electron chi connectivity index (χ0n) is 32.2. The molecule has 0 fully saturated rings. The van der Waals surface area contributed by atoms with E-state index in [4.69, 9.17) is 18.8 Å². The fourth-order valence-corrected chi connectivity index (χ4v) is 8.49. The SMILES string of the molecule is CCCCN(CCCC)c1ccc2c(c1)oc1cccc3c4nc5c(cc6c7ccc(N(CCCC)CCCC)cc7oc7cccc5c76)nc4cc2c13. The van der Waals surface area contributed by atoms with E-state index in [0.717, 1.165) is 114 Å². The van der Waals surface area contributed by atoms with Gasteiger partial charge in [-0.3, -0.25) is 0 Å². The van der Waals surface area contributed by atoms with Crippen LogP contribution in [0.3, 0.4) is 0 Å². The first-order chi connectivity index (χ1) is 26.6. The molecular formula is C48H50N4O2. The van der Waals surface area contributed by atoms with Crippen molar-refractivity contribution in [2.45, 2.75) is 79.1 Å². The predicted molar refractivity (Wildman–Crippen MR) is 231 cm³/mol. The van der Waals surface area contributed by atoms with Crippen LogP contribution in [-0.4, -0.2) is 36.1 Å². The molecule has 6 aromatic carbocycles. The smallest absolute Gasteiger partial charge is 0.137 e. The molecule has 0 saturated carbocycles. The molecule has 0 amide bonds. The number of fused-ring (bicyclic) bond motifs is 8. The van der Waals surface area contributed by atoms with Gasteiger partial charge in [-0.2, -0.15) is 0 Å². The molecule has 54 heavy (non-hydrogen) atoms. The summed E-state index contributed by atoms with van der Waals surface area (Å²) in [6, 6.07) is 30.6. The van der Waals surface area contributed by atoms with Crippen LogP contribution in [0.1, 0.15) is 79.1 Å². The third kappa shape index (κ3) is 5.87. The van der Waals surface area contributed by atoms with Gasteiger partial charge in [0.1, 0.15) is 22.3 Å². The number of hydrogen-bond acceptors (Lipinski definition) is 6. The fraction of sp³-hybridized carbons (Fsp3) is 0.333. The van der Waals surface area contributed by atoms with E-state index in [-0.39, 0.29) is 0 Å². The van der Waals surface area contributed by atoms with Gasteiger partial charge in [0.2, 0.25) is 0 Å². The van der Waals surface area contributed by atoms with E-state index >= 15 is 0 Å². The molecule has 3 heterocycles. The van der Waals surface area contributed by atoms with Crippen molar-refractivity contribution in [2.75, 3.05) is 36.0 Å². The lowest BCUT2D eigenvalue weighted by atomic mass is 9.98. The number of aromatic nitrogens is 2. The van der Waals surface area contributed by atoms with Gasteiger partial charge >= 0.3 is 0 Å². The molecule has 0 atom stereocenters. The van der Waals surface area contributed by atoms with Crippen LogP contribution in [0.15, 0.2) is 93.8 Å². The number of hydrogen-bond donors (Lipinski definition) is 0. The maximum atomic E-state index is 6.71. The third-order valence-electron chi connectivity index (χ3n) is 11.4. The van der Waals surface area contributed by atoms with E-state index in [9.17, 15) is 0 Å². The maximum absolute atomic E-state index is 6.71. The highest BCUT2D eigenvalue weighted by molar-refractivity contribution is 6.28. The largest absolute Gasteiger partial charge is 0.456 e. The average molecular weight is 715 g/mol. The van der Waals surface area contributed by atoms with Crippen molar-refractivity contribution in [1.82, 2.24) is 9.97 Å². The minimum Gasteiger partial charge on any atom is -0.456 e. The van der Waals surface area contributed by atoms with E-state index in [1.807, 2.05) is 0 Å². The van der Waals surface area contributed by atoms with Crippen molar-refractivity contribution < 1.29 is 8.83 Å². The van der Waals surface area contributed by atoms with Crippen molar-refractivity contribution in [2.24, 2.45) is 0 Å². The van der Waals surface area contributed by atoms with Gasteiger partial charge in [0.15, 0.2) is 0 Å². The molecule has 3 aromatic heterocycles. The van der Waals surface area contributed by atoms with Crippen LogP contribution in [0.25, 0.3) is 87.5 Å². The molecule has 0 spiro atoms. The Labute approximate surface area is 316 Å². The summed E-state index contributed by atoms with van der Waals surface area (Å²) in [6.45, 7) is 13.3. The van der Waals surface area contributed by atoms with E-state index in [0.29, 0.717) is 0 Å². The van der Waals surface area contributed by atoms with Gasteiger partial charge in [0.25, 0.3) is 0 Å². The van der Waals surface area contributed by atoms with Crippen LogP contribution in [0.4, 0.5) is 11.4 Å². The summed E-state index contributed by atoms with van der Waals surface area (Å²) in [5, 5.41) is 8.80. The van der Waals surface area contributed by atoms with E-state index in [1.165, 1.54) is 62.7 Å². The van der Waals surface area contributed by atoms with Crippen LogP contribution in [0.2, 0.25) is 0 Å². The van der Waals surface area contributed by atoms with Gasteiger partial charge < -0.3 is 18.6 Å². The normalized spacial score (nSPS) is 12.2. The standard InChI is InChI=1S/C48H50N4O2/c1-5-9-23-51(24-10-6-2)31-19-21-33-37-29-39-47(35-15-13-17-41(45(35)37)53-43(33)27-31)50-48-36-16-14-18-42-46(36)38(30-40(48)49-39)34-22-20-32(28-44(34)54-42)52(25-11-7-3)26-12-8-4/h13-22,27-30H,5-12,23-26H2,1-4H3. The van der Waals surface area contributed by atoms with Crippen molar-refractivity contribution in [3.05, 3.63) is 84.9 Å². The van der Waals surface area contributed by atoms with Crippen LogP contribution in [-0.2, 0) is 0 Å². The zero-order chi connectivity index (χ0) is 36.8. The lowest BCUT2D eigenvalue weighted by molar-refractivity contribution is 0.657. The second kappa shape index (κ2) is 14.5. The predicted octanol–water partition coefficient (Wildman–Crippen LogP) is 13.7. The van der Waals surface area contributed by atoms with Gasteiger partial charge in [-0.05, 0) is 85.0 Å². The molecule has 0 N–H and O–H groups in total. The molecule has 0 saturated heterocycles. The minimum atomic E-state index is 0.869. The van der Waals surface area contributed by atoms with Crippen molar-refractivity contribution in [1.29, 1.82) is 0 Å². The highest BCUT2D eigenvalue weighted by Crippen LogP contribution is 2.42. The van der Waals surface area contributed by atoms with Crippen molar-refractivity contribution in [3.63, 3.8) is 0 Å². The Morgan fingerprint density at radius 1 is 0.426 bits per heavy atom. The summed E-state index contributed by atoms with van der Waals surface area (Å²) < 4.78 is 13.4.